The topological polar surface area (TPSA) is 102 Å². The predicted molar refractivity (Wildman–Crippen MR) is 108 cm³/mol. The molecule has 0 unspecified atom stereocenters. The van der Waals surface area contributed by atoms with Gasteiger partial charge in [0, 0.05) is 17.5 Å². The zero-order valence-corrected chi connectivity index (χ0v) is 16.7. The van der Waals surface area contributed by atoms with E-state index < -0.39 is 27.7 Å². The van der Waals surface area contributed by atoms with Crippen molar-refractivity contribution in [2.24, 2.45) is 0 Å². The molecule has 2 N–H and O–H groups in total. The monoisotopic (exact) mass is 404 g/mol. The highest BCUT2D eigenvalue weighted by Gasteiger charge is 2.23. The van der Waals surface area contributed by atoms with E-state index in [1.807, 2.05) is 6.92 Å². The minimum absolute atomic E-state index is 0.0275. The summed E-state index contributed by atoms with van der Waals surface area (Å²) in [5.41, 5.74) is 0.910. The fourth-order valence-corrected chi connectivity index (χ4v) is 3.13. The van der Waals surface area contributed by atoms with Crippen molar-refractivity contribution in [3.63, 3.8) is 0 Å². The van der Waals surface area contributed by atoms with E-state index in [9.17, 15) is 18.0 Å². The largest absolute Gasteiger partial charge is 0.494 e. The first-order valence-electron chi connectivity index (χ1n) is 8.86. The van der Waals surface area contributed by atoms with Gasteiger partial charge in [0.05, 0.1) is 12.4 Å². The zero-order chi connectivity index (χ0) is 20.6. The predicted octanol–water partition coefficient (Wildman–Crippen LogP) is 2.26. The van der Waals surface area contributed by atoms with Gasteiger partial charge in [0.1, 0.15) is 21.6 Å². The molecule has 0 aliphatic rings. The van der Waals surface area contributed by atoms with Crippen molar-refractivity contribution in [3.8, 4) is 5.75 Å². The Kier molecular flexibility index (Phi) is 7.57. The van der Waals surface area contributed by atoms with E-state index in [1.54, 1.807) is 54.6 Å². The van der Waals surface area contributed by atoms with E-state index in [4.69, 9.17) is 4.74 Å². The van der Waals surface area contributed by atoms with Gasteiger partial charge in [-0.15, -0.1) is 0 Å². The molecule has 0 aliphatic carbocycles. The lowest BCUT2D eigenvalue weighted by atomic mass is 10.1. The average Bonchev–Trinajstić information content (AvgIpc) is 2.66. The lowest BCUT2D eigenvalue weighted by Crippen LogP contribution is -2.44. The lowest BCUT2D eigenvalue weighted by Gasteiger charge is -2.18. The molecule has 0 heterocycles. The van der Waals surface area contributed by atoms with Gasteiger partial charge in [-0.2, -0.15) is 0 Å². The van der Waals surface area contributed by atoms with Crippen LogP contribution in [-0.2, 0) is 14.6 Å². The quantitative estimate of drug-likeness (QED) is 0.668. The summed E-state index contributed by atoms with van der Waals surface area (Å²) in [7, 11) is -3.29. The van der Waals surface area contributed by atoms with E-state index in [0.29, 0.717) is 23.6 Å². The van der Waals surface area contributed by atoms with E-state index in [0.717, 1.165) is 6.26 Å². The summed E-state index contributed by atoms with van der Waals surface area (Å²) in [6.45, 7) is 2.41. The second-order valence-electron chi connectivity index (χ2n) is 6.26. The third kappa shape index (κ3) is 7.03. The number of carbonyl (C=O) groups is 2. The third-order valence-electron chi connectivity index (χ3n) is 3.87. The van der Waals surface area contributed by atoms with E-state index >= 15 is 0 Å². The number of ether oxygens (including phenoxy) is 1. The van der Waals surface area contributed by atoms with Crippen LogP contribution >= 0.6 is 0 Å². The van der Waals surface area contributed by atoms with Crippen molar-refractivity contribution >= 4 is 27.3 Å². The number of hydrogen-bond acceptors (Lipinski definition) is 5. The van der Waals surface area contributed by atoms with Gasteiger partial charge in [0.2, 0.25) is 5.91 Å². The Morgan fingerprint density at radius 1 is 1.04 bits per heavy atom. The summed E-state index contributed by atoms with van der Waals surface area (Å²) in [6, 6.07) is 14.2. The molecule has 0 aromatic heterocycles. The van der Waals surface area contributed by atoms with Gasteiger partial charge in [-0.25, -0.2) is 8.42 Å². The summed E-state index contributed by atoms with van der Waals surface area (Å²) in [6.07, 6.45) is 1.06. The molecule has 2 amide bonds. The van der Waals surface area contributed by atoms with Gasteiger partial charge < -0.3 is 15.4 Å². The summed E-state index contributed by atoms with van der Waals surface area (Å²) >= 11 is 0. The molecule has 7 nitrogen and oxygen atoms in total. The van der Waals surface area contributed by atoms with Crippen LogP contribution in [0.2, 0.25) is 0 Å². The second kappa shape index (κ2) is 9.89. The first kappa shape index (κ1) is 21.4. The normalized spacial score (nSPS) is 12.1. The summed E-state index contributed by atoms with van der Waals surface area (Å²) in [5, 5.41) is 5.32. The van der Waals surface area contributed by atoms with Crippen LogP contribution < -0.4 is 15.4 Å². The Hall–Kier alpha value is -2.87. The van der Waals surface area contributed by atoms with Crippen LogP contribution in [0, 0.1) is 0 Å². The molecule has 8 heteroatoms. The Labute approximate surface area is 165 Å². The number of sulfone groups is 1. The van der Waals surface area contributed by atoms with Crippen molar-refractivity contribution < 1.29 is 22.7 Å². The maximum absolute atomic E-state index is 12.7. The number of benzene rings is 2. The van der Waals surface area contributed by atoms with Crippen molar-refractivity contribution in [2.75, 3.05) is 23.9 Å². The first-order valence-corrected chi connectivity index (χ1v) is 10.9. The maximum Gasteiger partial charge on any atom is 0.251 e. The molecule has 2 rings (SSSR count). The highest BCUT2D eigenvalue weighted by Crippen LogP contribution is 2.16. The zero-order valence-electron chi connectivity index (χ0n) is 15.8. The fourth-order valence-electron chi connectivity index (χ4n) is 2.46. The Morgan fingerprint density at radius 3 is 2.25 bits per heavy atom. The van der Waals surface area contributed by atoms with Crippen LogP contribution in [-0.4, -0.2) is 44.9 Å². The number of amides is 2. The third-order valence-corrected chi connectivity index (χ3v) is 4.85. The molecule has 28 heavy (non-hydrogen) atoms. The highest BCUT2D eigenvalue weighted by molar-refractivity contribution is 7.90. The van der Waals surface area contributed by atoms with Gasteiger partial charge in [-0.05, 0) is 49.7 Å². The molecule has 0 spiro atoms. The Morgan fingerprint density at radius 2 is 1.68 bits per heavy atom. The smallest absolute Gasteiger partial charge is 0.251 e. The van der Waals surface area contributed by atoms with Crippen LogP contribution in [0.25, 0.3) is 0 Å². The SMILES string of the molecule is CCOc1ccc(NC(=O)[C@@H](CCS(C)(=O)=O)NC(=O)c2ccccc2)cc1. The number of hydrogen-bond donors (Lipinski definition) is 2. The molecule has 2 aromatic carbocycles. The lowest BCUT2D eigenvalue weighted by molar-refractivity contribution is -0.118. The van der Waals surface area contributed by atoms with Crippen molar-refractivity contribution in [2.45, 2.75) is 19.4 Å². The molecule has 150 valence electrons. The van der Waals surface area contributed by atoms with Crippen molar-refractivity contribution in [1.82, 2.24) is 5.32 Å². The molecule has 0 saturated heterocycles. The van der Waals surface area contributed by atoms with E-state index in [-0.39, 0.29) is 12.2 Å². The second-order valence-corrected chi connectivity index (χ2v) is 8.52. The molecule has 0 saturated carbocycles. The van der Waals surface area contributed by atoms with Gasteiger partial charge in [0.15, 0.2) is 0 Å². The maximum atomic E-state index is 12.7. The minimum Gasteiger partial charge on any atom is -0.494 e. The number of carbonyl (C=O) groups excluding carboxylic acids is 2. The minimum atomic E-state index is -3.29. The van der Waals surface area contributed by atoms with Gasteiger partial charge in [-0.3, -0.25) is 9.59 Å². The fraction of sp³-hybridized carbons (Fsp3) is 0.300. The summed E-state index contributed by atoms with van der Waals surface area (Å²) < 4.78 is 28.4. The standard InChI is InChI=1S/C20H24N2O5S/c1-3-27-17-11-9-16(10-12-17)21-20(24)18(13-14-28(2,25)26)22-19(23)15-7-5-4-6-8-15/h4-12,18H,3,13-14H2,1-2H3,(H,21,24)(H,22,23)/t18-/m1/s1. The van der Waals surface area contributed by atoms with Crippen LogP contribution in [0.5, 0.6) is 5.75 Å². The van der Waals surface area contributed by atoms with Crippen molar-refractivity contribution in [3.05, 3.63) is 60.2 Å². The molecular formula is C20H24N2O5S. The van der Waals surface area contributed by atoms with Crippen LogP contribution in [0.15, 0.2) is 54.6 Å². The average molecular weight is 404 g/mol. The highest BCUT2D eigenvalue weighted by atomic mass is 32.2. The summed E-state index contributed by atoms with van der Waals surface area (Å²) in [5.74, 6) is -0.478. The Bertz CT molecular complexity index is 896. The molecule has 1 atom stereocenters. The van der Waals surface area contributed by atoms with E-state index in [1.165, 1.54) is 0 Å². The Balaban J connectivity index is 2.10. The number of nitrogens with one attached hydrogen (secondary N) is 2. The first-order chi connectivity index (χ1) is 13.3. The van der Waals surface area contributed by atoms with Crippen LogP contribution in [0.1, 0.15) is 23.7 Å². The molecule has 2 aromatic rings. The van der Waals surface area contributed by atoms with Crippen LogP contribution in [0.4, 0.5) is 5.69 Å². The van der Waals surface area contributed by atoms with Gasteiger partial charge in [0.25, 0.3) is 5.91 Å². The van der Waals surface area contributed by atoms with E-state index in [2.05, 4.69) is 10.6 Å². The molecular weight excluding hydrogens is 380 g/mol. The van der Waals surface area contributed by atoms with Crippen molar-refractivity contribution in [1.29, 1.82) is 0 Å². The number of anilines is 1. The van der Waals surface area contributed by atoms with Gasteiger partial charge >= 0.3 is 0 Å². The number of rotatable bonds is 9. The van der Waals surface area contributed by atoms with Crippen LogP contribution in [0.3, 0.4) is 0 Å². The molecule has 0 radical (unpaired) electrons. The molecule has 0 fully saturated rings. The molecule has 0 bridgehead atoms. The van der Waals surface area contributed by atoms with Gasteiger partial charge in [-0.1, -0.05) is 18.2 Å². The summed E-state index contributed by atoms with van der Waals surface area (Å²) in [4.78, 5) is 25.1. The molecule has 0 aliphatic heterocycles.